The predicted molar refractivity (Wildman–Crippen MR) is 56.4 cm³/mol. The molecule has 1 heterocycles. The lowest BCUT2D eigenvalue weighted by molar-refractivity contribution is -0.144. The van der Waals surface area contributed by atoms with E-state index in [2.05, 4.69) is 0 Å². The summed E-state index contributed by atoms with van der Waals surface area (Å²) < 4.78 is 5.63. The molecule has 2 unspecified atom stereocenters. The van der Waals surface area contributed by atoms with E-state index in [1.165, 1.54) is 0 Å². The van der Waals surface area contributed by atoms with Gasteiger partial charge in [-0.15, -0.1) is 0 Å². The van der Waals surface area contributed by atoms with Gasteiger partial charge in [0.1, 0.15) is 5.72 Å². The Bertz CT molecular complexity index is 243. The Morgan fingerprint density at radius 2 is 1.93 bits per heavy atom. The summed E-state index contributed by atoms with van der Waals surface area (Å²) in [6.07, 6.45) is 0.000957. The highest BCUT2D eigenvalue weighted by Gasteiger charge is 2.46. The molecule has 0 aromatic rings. The number of carbonyl (C=O) groups excluding carboxylic acids is 1. The standard InChI is InChI=1S/C9H15Cl2NO2/c1-5-6(2)14-9(3,4)12(5)8(13)7(10)11/h5-7H,1-4H3. The third-order valence-corrected chi connectivity index (χ3v) is 2.94. The number of ether oxygens (including phenoxy) is 1. The maximum absolute atomic E-state index is 11.7. The highest BCUT2D eigenvalue weighted by Crippen LogP contribution is 2.33. The number of hydrogen-bond donors (Lipinski definition) is 0. The molecule has 0 spiro atoms. The van der Waals surface area contributed by atoms with Gasteiger partial charge in [-0.2, -0.15) is 0 Å². The first-order valence-corrected chi connectivity index (χ1v) is 5.44. The summed E-state index contributed by atoms with van der Waals surface area (Å²) in [4.78, 5) is 12.3. The molecule has 82 valence electrons. The SMILES string of the molecule is CC1OC(C)(C)N(C(=O)C(Cl)Cl)C1C. The largest absolute Gasteiger partial charge is 0.351 e. The molecular weight excluding hydrogens is 225 g/mol. The third kappa shape index (κ3) is 2.00. The Kier molecular flexibility index (Phi) is 3.34. The first-order valence-electron chi connectivity index (χ1n) is 4.56. The van der Waals surface area contributed by atoms with Crippen LogP contribution in [0, 0.1) is 0 Å². The Hall–Kier alpha value is 0.01000. The smallest absolute Gasteiger partial charge is 0.258 e. The van der Waals surface area contributed by atoms with E-state index < -0.39 is 10.6 Å². The van der Waals surface area contributed by atoms with Gasteiger partial charge in [-0.3, -0.25) is 4.79 Å². The van der Waals surface area contributed by atoms with Gasteiger partial charge in [-0.1, -0.05) is 23.2 Å². The molecule has 0 aromatic heterocycles. The van der Waals surface area contributed by atoms with Crippen molar-refractivity contribution in [1.29, 1.82) is 0 Å². The number of carbonyl (C=O) groups is 1. The van der Waals surface area contributed by atoms with Gasteiger partial charge in [0.2, 0.25) is 0 Å². The van der Waals surface area contributed by atoms with Gasteiger partial charge in [0, 0.05) is 0 Å². The van der Waals surface area contributed by atoms with Crippen molar-refractivity contribution in [3.8, 4) is 0 Å². The molecule has 1 saturated heterocycles. The average molecular weight is 240 g/mol. The number of alkyl halides is 2. The molecule has 0 radical (unpaired) electrons. The zero-order valence-electron chi connectivity index (χ0n) is 8.75. The molecule has 1 fully saturated rings. The van der Waals surface area contributed by atoms with Crippen LogP contribution in [0.15, 0.2) is 0 Å². The second-order valence-electron chi connectivity index (χ2n) is 4.02. The lowest BCUT2D eigenvalue weighted by atomic mass is 10.2. The van der Waals surface area contributed by atoms with Crippen molar-refractivity contribution in [3.63, 3.8) is 0 Å². The number of nitrogens with zero attached hydrogens (tertiary/aromatic N) is 1. The van der Waals surface area contributed by atoms with E-state index in [1.807, 2.05) is 27.7 Å². The number of halogens is 2. The Labute approximate surface area is 94.3 Å². The van der Waals surface area contributed by atoms with Crippen LogP contribution in [0.4, 0.5) is 0 Å². The minimum atomic E-state index is -1.02. The fraction of sp³-hybridized carbons (Fsp3) is 0.889. The topological polar surface area (TPSA) is 29.5 Å². The summed E-state index contributed by atoms with van der Waals surface area (Å²) in [6.45, 7) is 7.52. The highest BCUT2D eigenvalue weighted by molar-refractivity contribution is 6.53. The fourth-order valence-corrected chi connectivity index (χ4v) is 2.09. The quantitative estimate of drug-likeness (QED) is 0.657. The number of amides is 1. The van der Waals surface area contributed by atoms with Crippen LogP contribution in [0.3, 0.4) is 0 Å². The van der Waals surface area contributed by atoms with Gasteiger partial charge in [0.25, 0.3) is 5.91 Å². The van der Waals surface area contributed by atoms with Crippen molar-refractivity contribution in [2.75, 3.05) is 0 Å². The lowest BCUT2D eigenvalue weighted by Gasteiger charge is -2.32. The molecule has 1 amide bonds. The van der Waals surface area contributed by atoms with Crippen LogP contribution in [0.5, 0.6) is 0 Å². The Balaban J connectivity index is 2.90. The highest BCUT2D eigenvalue weighted by atomic mass is 35.5. The second-order valence-corrected chi connectivity index (χ2v) is 5.12. The molecule has 1 aliphatic rings. The van der Waals surface area contributed by atoms with Crippen LogP contribution in [-0.2, 0) is 9.53 Å². The lowest BCUT2D eigenvalue weighted by Crippen LogP contribution is -2.49. The summed E-state index contributed by atoms with van der Waals surface area (Å²) >= 11 is 11.1. The summed E-state index contributed by atoms with van der Waals surface area (Å²) in [6, 6.07) is -0.00231. The molecule has 5 heteroatoms. The first-order chi connectivity index (χ1) is 6.27. The molecule has 1 rings (SSSR count). The van der Waals surface area contributed by atoms with E-state index in [-0.39, 0.29) is 18.1 Å². The zero-order valence-corrected chi connectivity index (χ0v) is 10.3. The van der Waals surface area contributed by atoms with E-state index in [1.54, 1.807) is 4.90 Å². The average Bonchev–Trinajstić information content (AvgIpc) is 2.20. The van der Waals surface area contributed by atoms with Crippen molar-refractivity contribution >= 4 is 29.1 Å². The summed E-state index contributed by atoms with van der Waals surface area (Å²) in [5, 5.41) is 0. The number of hydrogen-bond acceptors (Lipinski definition) is 2. The first kappa shape index (κ1) is 12.1. The van der Waals surface area contributed by atoms with E-state index in [9.17, 15) is 4.79 Å². The maximum atomic E-state index is 11.7. The van der Waals surface area contributed by atoms with Crippen LogP contribution in [-0.4, -0.2) is 33.5 Å². The fourth-order valence-electron chi connectivity index (χ4n) is 1.88. The molecule has 0 aliphatic carbocycles. The molecular formula is C9H15Cl2NO2. The molecule has 0 aromatic carbocycles. The maximum Gasteiger partial charge on any atom is 0.258 e. The molecule has 3 nitrogen and oxygen atoms in total. The van der Waals surface area contributed by atoms with Crippen molar-refractivity contribution in [1.82, 2.24) is 4.90 Å². The van der Waals surface area contributed by atoms with Gasteiger partial charge >= 0.3 is 0 Å². The zero-order chi connectivity index (χ0) is 11.1. The van der Waals surface area contributed by atoms with Crippen LogP contribution in [0.2, 0.25) is 0 Å². The molecule has 14 heavy (non-hydrogen) atoms. The van der Waals surface area contributed by atoms with Gasteiger partial charge in [0.15, 0.2) is 4.84 Å². The van der Waals surface area contributed by atoms with Gasteiger partial charge in [-0.25, -0.2) is 0 Å². The van der Waals surface area contributed by atoms with Crippen LogP contribution < -0.4 is 0 Å². The van der Waals surface area contributed by atoms with E-state index in [0.29, 0.717) is 0 Å². The van der Waals surface area contributed by atoms with Crippen LogP contribution >= 0.6 is 23.2 Å². The monoisotopic (exact) mass is 239 g/mol. The van der Waals surface area contributed by atoms with E-state index in [0.717, 1.165) is 0 Å². The molecule has 0 bridgehead atoms. The van der Waals surface area contributed by atoms with E-state index in [4.69, 9.17) is 27.9 Å². The van der Waals surface area contributed by atoms with Crippen LogP contribution in [0.1, 0.15) is 27.7 Å². The minimum Gasteiger partial charge on any atom is -0.351 e. The van der Waals surface area contributed by atoms with Crippen molar-refractivity contribution in [2.45, 2.75) is 50.4 Å². The van der Waals surface area contributed by atoms with Gasteiger partial charge in [-0.05, 0) is 27.7 Å². The Morgan fingerprint density at radius 1 is 1.43 bits per heavy atom. The Morgan fingerprint density at radius 3 is 2.21 bits per heavy atom. The van der Waals surface area contributed by atoms with Crippen LogP contribution in [0.25, 0.3) is 0 Å². The normalized spacial score (nSPS) is 31.2. The molecule has 0 N–H and O–H groups in total. The third-order valence-electron chi connectivity index (χ3n) is 2.57. The molecule has 2 atom stereocenters. The van der Waals surface area contributed by atoms with Crippen molar-refractivity contribution < 1.29 is 9.53 Å². The molecule has 1 aliphatic heterocycles. The minimum absolute atomic E-state index is 0.000957. The summed E-state index contributed by atoms with van der Waals surface area (Å²) in [5.41, 5.74) is -0.627. The number of rotatable bonds is 1. The second kappa shape index (κ2) is 3.87. The van der Waals surface area contributed by atoms with Gasteiger partial charge in [0.05, 0.1) is 12.1 Å². The summed E-state index contributed by atoms with van der Waals surface area (Å²) in [7, 11) is 0. The summed E-state index contributed by atoms with van der Waals surface area (Å²) in [5.74, 6) is -0.296. The van der Waals surface area contributed by atoms with Crippen molar-refractivity contribution in [3.05, 3.63) is 0 Å². The van der Waals surface area contributed by atoms with E-state index >= 15 is 0 Å². The predicted octanol–water partition coefficient (Wildman–Crippen LogP) is 2.16. The van der Waals surface area contributed by atoms with Gasteiger partial charge < -0.3 is 9.64 Å². The molecule has 0 saturated carbocycles. The van der Waals surface area contributed by atoms with Crippen molar-refractivity contribution in [2.24, 2.45) is 0 Å².